The normalized spacial score (nSPS) is 19.4. The quantitative estimate of drug-likeness (QED) is 0.767. The van der Waals surface area contributed by atoms with E-state index < -0.39 is 11.6 Å². The van der Waals surface area contributed by atoms with Gasteiger partial charge in [-0.05, 0) is 31.0 Å². The third-order valence-electron chi connectivity index (χ3n) is 3.06. The first kappa shape index (κ1) is 12.5. The Morgan fingerprint density at radius 3 is 2.83 bits per heavy atom. The van der Waals surface area contributed by atoms with Crippen LogP contribution in [0.1, 0.15) is 23.2 Å². The van der Waals surface area contributed by atoms with Gasteiger partial charge in [0.15, 0.2) is 11.6 Å². The molecule has 0 aromatic heterocycles. The topological polar surface area (TPSA) is 44.1 Å². The number of halogens is 2. The van der Waals surface area contributed by atoms with Crippen LogP contribution in [0.2, 0.25) is 0 Å². The molecule has 18 heavy (non-hydrogen) atoms. The molecule has 1 amide bonds. The van der Waals surface area contributed by atoms with E-state index in [1.54, 1.807) is 0 Å². The van der Waals surface area contributed by atoms with Gasteiger partial charge in [0.05, 0.1) is 12.0 Å². The molecule has 0 saturated carbocycles. The third kappa shape index (κ3) is 2.48. The highest BCUT2D eigenvalue weighted by atomic mass is 19.2. The zero-order valence-corrected chi connectivity index (χ0v) is 9.70. The zero-order valence-electron chi connectivity index (χ0n) is 9.70. The van der Waals surface area contributed by atoms with Crippen LogP contribution in [0.3, 0.4) is 0 Å². The fourth-order valence-corrected chi connectivity index (χ4v) is 2.08. The SMILES string of the molecule is N#CC1CCCN(C(=O)c2ccc(F)c(F)c2)C1. The number of hydrogen-bond donors (Lipinski definition) is 0. The van der Waals surface area contributed by atoms with Crippen molar-refractivity contribution in [3.63, 3.8) is 0 Å². The molecule has 0 bridgehead atoms. The molecular weight excluding hydrogens is 238 g/mol. The number of nitriles is 1. The standard InChI is InChI=1S/C13H12F2N2O/c14-11-4-3-10(6-12(11)15)13(18)17-5-1-2-9(7-16)8-17/h3-4,6,9H,1-2,5,8H2. The predicted octanol–water partition coefficient (Wildman–Crippen LogP) is 2.34. The molecule has 5 heteroatoms. The van der Waals surface area contributed by atoms with Crippen LogP contribution < -0.4 is 0 Å². The van der Waals surface area contributed by atoms with Crippen LogP contribution in [0.5, 0.6) is 0 Å². The average Bonchev–Trinajstić information content (AvgIpc) is 2.41. The van der Waals surface area contributed by atoms with E-state index in [0.717, 1.165) is 25.0 Å². The molecule has 1 unspecified atom stereocenters. The molecule has 1 aliphatic heterocycles. The van der Waals surface area contributed by atoms with Gasteiger partial charge in [0.2, 0.25) is 0 Å². The van der Waals surface area contributed by atoms with E-state index in [1.807, 2.05) is 0 Å². The highest BCUT2D eigenvalue weighted by Gasteiger charge is 2.24. The summed E-state index contributed by atoms with van der Waals surface area (Å²) in [5.74, 6) is -2.53. The van der Waals surface area contributed by atoms with Crippen molar-refractivity contribution in [3.8, 4) is 6.07 Å². The molecule has 2 rings (SSSR count). The Morgan fingerprint density at radius 2 is 2.17 bits per heavy atom. The van der Waals surface area contributed by atoms with E-state index in [0.29, 0.717) is 13.1 Å². The van der Waals surface area contributed by atoms with Gasteiger partial charge < -0.3 is 4.90 Å². The highest BCUT2D eigenvalue weighted by Crippen LogP contribution is 2.18. The van der Waals surface area contributed by atoms with Crippen molar-refractivity contribution in [1.82, 2.24) is 4.90 Å². The molecule has 1 aromatic carbocycles. The maximum absolute atomic E-state index is 13.1. The molecule has 1 atom stereocenters. The lowest BCUT2D eigenvalue weighted by Crippen LogP contribution is -2.39. The first-order chi connectivity index (χ1) is 8.61. The van der Waals surface area contributed by atoms with E-state index in [4.69, 9.17) is 5.26 Å². The number of carbonyl (C=O) groups excluding carboxylic acids is 1. The number of piperidine rings is 1. The smallest absolute Gasteiger partial charge is 0.254 e. The van der Waals surface area contributed by atoms with Crippen LogP contribution in [-0.4, -0.2) is 23.9 Å². The van der Waals surface area contributed by atoms with Crippen molar-refractivity contribution in [3.05, 3.63) is 35.4 Å². The molecule has 94 valence electrons. The fraction of sp³-hybridized carbons (Fsp3) is 0.385. The summed E-state index contributed by atoms with van der Waals surface area (Å²) in [6, 6.07) is 5.23. The number of benzene rings is 1. The number of hydrogen-bond acceptors (Lipinski definition) is 2. The number of rotatable bonds is 1. The molecule has 1 aliphatic rings. The Morgan fingerprint density at radius 1 is 1.39 bits per heavy atom. The monoisotopic (exact) mass is 250 g/mol. The van der Waals surface area contributed by atoms with Crippen LogP contribution >= 0.6 is 0 Å². The molecule has 0 radical (unpaired) electrons. The highest BCUT2D eigenvalue weighted by molar-refractivity contribution is 5.94. The Bertz CT molecular complexity index is 510. The fourth-order valence-electron chi connectivity index (χ4n) is 2.08. The van der Waals surface area contributed by atoms with E-state index in [9.17, 15) is 13.6 Å². The second-order valence-corrected chi connectivity index (χ2v) is 4.35. The number of nitrogens with zero attached hydrogens (tertiary/aromatic N) is 2. The van der Waals surface area contributed by atoms with Crippen LogP contribution in [0.15, 0.2) is 18.2 Å². The van der Waals surface area contributed by atoms with Gasteiger partial charge in [-0.1, -0.05) is 0 Å². The van der Waals surface area contributed by atoms with Crippen molar-refractivity contribution in [1.29, 1.82) is 5.26 Å². The molecule has 1 saturated heterocycles. The van der Waals surface area contributed by atoms with Gasteiger partial charge in [-0.15, -0.1) is 0 Å². The van der Waals surface area contributed by atoms with Gasteiger partial charge in [-0.3, -0.25) is 4.79 Å². The van der Waals surface area contributed by atoms with Gasteiger partial charge in [0.25, 0.3) is 5.91 Å². The lowest BCUT2D eigenvalue weighted by Gasteiger charge is -2.29. The summed E-state index contributed by atoms with van der Waals surface area (Å²) in [5.41, 5.74) is 0.118. The van der Waals surface area contributed by atoms with Gasteiger partial charge in [-0.2, -0.15) is 5.26 Å². The summed E-state index contributed by atoms with van der Waals surface area (Å²) in [7, 11) is 0. The Kier molecular flexibility index (Phi) is 3.56. The number of amides is 1. The van der Waals surface area contributed by atoms with Crippen LogP contribution in [-0.2, 0) is 0 Å². The van der Waals surface area contributed by atoms with E-state index in [2.05, 4.69) is 6.07 Å². The molecule has 1 heterocycles. The summed E-state index contributed by atoms with van der Waals surface area (Å²) >= 11 is 0. The minimum Gasteiger partial charge on any atom is -0.337 e. The molecule has 3 nitrogen and oxygen atoms in total. The van der Waals surface area contributed by atoms with Crippen LogP contribution in [0.4, 0.5) is 8.78 Å². The van der Waals surface area contributed by atoms with Gasteiger partial charge in [0, 0.05) is 18.7 Å². The molecule has 0 N–H and O–H groups in total. The van der Waals surface area contributed by atoms with Crippen molar-refractivity contribution in [2.75, 3.05) is 13.1 Å². The van der Waals surface area contributed by atoms with E-state index in [1.165, 1.54) is 11.0 Å². The maximum Gasteiger partial charge on any atom is 0.254 e. The maximum atomic E-state index is 13.1. The van der Waals surface area contributed by atoms with E-state index >= 15 is 0 Å². The minimum absolute atomic E-state index is 0.118. The summed E-state index contributed by atoms with van der Waals surface area (Å²) < 4.78 is 25.8. The average molecular weight is 250 g/mol. The van der Waals surface area contributed by atoms with Crippen molar-refractivity contribution >= 4 is 5.91 Å². The molecule has 0 aliphatic carbocycles. The first-order valence-corrected chi connectivity index (χ1v) is 5.75. The zero-order chi connectivity index (χ0) is 13.1. The summed E-state index contributed by atoms with van der Waals surface area (Å²) in [6.07, 6.45) is 1.53. The summed E-state index contributed by atoms with van der Waals surface area (Å²) in [5, 5.41) is 8.84. The number of likely N-dealkylation sites (tertiary alicyclic amines) is 1. The predicted molar refractivity (Wildman–Crippen MR) is 60.6 cm³/mol. The Hall–Kier alpha value is -1.96. The second kappa shape index (κ2) is 5.13. The van der Waals surface area contributed by atoms with Gasteiger partial charge in [0.1, 0.15) is 0 Å². The first-order valence-electron chi connectivity index (χ1n) is 5.75. The van der Waals surface area contributed by atoms with Crippen LogP contribution in [0, 0.1) is 28.9 Å². The summed E-state index contributed by atoms with van der Waals surface area (Å²) in [4.78, 5) is 13.6. The molecular formula is C13H12F2N2O. The van der Waals surface area contributed by atoms with Crippen molar-refractivity contribution in [2.45, 2.75) is 12.8 Å². The summed E-state index contributed by atoms with van der Waals surface area (Å²) in [6.45, 7) is 0.907. The van der Waals surface area contributed by atoms with Crippen molar-refractivity contribution < 1.29 is 13.6 Å². The van der Waals surface area contributed by atoms with E-state index in [-0.39, 0.29) is 17.4 Å². The molecule has 0 spiro atoms. The van der Waals surface area contributed by atoms with Crippen molar-refractivity contribution in [2.24, 2.45) is 5.92 Å². The Balaban J connectivity index is 2.15. The third-order valence-corrected chi connectivity index (χ3v) is 3.06. The molecule has 1 aromatic rings. The minimum atomic E-state index is -1.03. The second-order valence-electron chi connectivity index (χ2n) is 4.35. The lowest BCUT2D eigenvalue weighted by molar-refractivity contribution is 0.0698. The van der Waals surface area contributed by atoms with Gasteiger partial charge in [-0.25, -0.2) is 8.78 Å². The number of carbonyl (C=O) groups is 1. The van der Waals surface area contributed by atoms with Crippen LogP contribution in [0.25, 0.3) is 0 Å². The largest absolute Gasteiger partial charge is 0.337 e. The molecule has 1 fully saturated rings. The lowest BCUT2D eigenvalue weighted by atomic mass is 9.99. The Labute approximate surface area is 104 Å². The van der Waals surface area contributed by atoms with Gasteiger partial charge >= 0.3 is 0 Å².